The number of aryl methyl sites for hydroxylation is 1. The summed E-state index contributed by atoms with van der Waals surface area (Å²) in [5.74, 6) is -0.360. The van der Waals surface area contributed by atoms with Crippen molar-refractivity contribution in [3.63, 3.8) is 0 Å². The van der Waals surface area contributed by atoms with Crippen molar-refractivity contribution < 1.29 is 14.4 Å². The average Bonchev–Trinajstić information content (AvgIpc) is 3.30. The van der Waals surface area contributed by atoms with Crippen LogP contribution in [0.25, 0.3) is 0 Å². The van der Waals surface area contributed by atoms with Crippen molar-refractivity contribution in [3.8, 4) is 0 Å². The maximum absolute atomic E-state index is 12.3. The van der Waals surface area contributed by atoms with E-state index in [0.29, 0.717) is 23.6 Å². The van der Waals surface area contributed by atoms with Crippen molar-refractivity contribution in [2.75, 3.05) is 31.1 Å². The molecule has 2 aliphatic rings. The second-order valence-electron chi connectivity index (χ2n) is 7.80. The van der Waals surface area contributed by atoms with E-state index in [2.05, 4.69) is 41.4 Å². The van der Waals surface area contributed by atoms with Gasteiger partial charge in [-0.15, -0.1) is 0 Å². The minimum atomic E-state index is -0.317. The summed E-state index contributed by atoms with van der Waals surface area (Å²) in [5, 5.41) is 2.97. The summed E-state index contributed by atoms with van der Waals surface area (Å²) in [6.07, 6.45) is 1.16. The van der Waals surface area contributed by atoms with Crippen LogP contribution < -0.4 is 10.2 Å². The number of carbonyl (C=O) groups excluding carboxylic acids is 3. The molecule has 29 heavy (non-hydrogen) atoms. The largest absolute Gasteiger partial charge is 0.371 e. The van der Waals surface area contributed by atoms with E-state index in [1.807, 2.05) is 0 Å². The highest BCUT2D eigenvalue weighted by Crippen LogP contribution is 2.24. The molecule has 2 aromatic carbocycles. The van der Waals surface area contributed by atoms with Gasteiger partial charge in [0.25, 0.3) is 11.8 Å². The topological polar surface area (TPSA) is 69.7 Å². The zero-order valence-electron chi connectivity index (χ0n) is 16.6. The Hall–Kier alpha value is -3.15. The van der Waals surface area contributed by atoms with E-state index in [1.165, 1.54) is 16.2 Å². The first-order valence-corrected chi connectivity index (χ1v) is 10.1. The van der Waals surface area contributed by atoms with Crippen molar-refractivity contribution >= 4 is 23.4 Å². The molecule has 1 saturated heterocycles. The predicted octanol–water partition coefficient (Wildman–Crippen LogP) is 2.62. The first kappa shape index (κ1) is 19.2. The quantitative estimate of drug-likeness (QED) is 0.769. The van der Waals surface area contributed by atoms with Crippen LogP contribution in [-0.4, -0.2) is 48.8 Å². The van der Waals surface area contributed by atoms with Gasteiger partial charge in [-0.1, -0.05) is 29.8 Å². The molecule has 2 aromatic rings. The lowest BCUT2D eigenvalue weighted by molar-refractivity contribution is -0.121. The molecule has 1 atom stereocenters. The van der Waals surface area contributed by atoms with E-state index in [9.17, 15) is 14.4 Å². The third-order valence-corrected chi connectivity index (χ3v) is 5.71. The zero-order valence-corrected chi connectivity index (χ0v) is 16.6. The number of imide groups is 1. The summed E-state index contributed by atoms with van der Waals surface area (Å²) in [6.45, 7) is 4.70. The van der Waals surface area contributed by atoms with Crippen molar-refractivity contribution in [1.29, 1.82) is 0 Å². The number of nitrogens with zero attached hydrogens (tertiary/aromatic N) is 2. The number of anilines is 1. The van der Waals surface area contributed by atoms with Gasteiger partial charge in [0.05, 0.1) is 11.1 Å². The van der Waals surface area contributed by atoms with Gasteiger partial charge in [-0.3, -0.25) is 19.3 Å². The molecule has 150 valence electrons. The van der Waals surface area contributed by atoms with Crippen LogP contribution in [0.1, 0.15) is 39.1 Å². The fourth-order valence-electron chi connectivity index (χ4n) is 3.99. The summed E-state index contributed by atoms with van der Waals surface area (Å²) >= 11 is 0. The third kappa shape index (κ3) is 4.01. The van der Waals surface area contributed by atoms with Crippen LogP contribution in [-0.2, 0) is 4.79 Å². The molecule has 1 unspecified atom stereocenters. The van der Waals surface area contributed by atoms with Crippen LogP contribution in [0.4, 0.5) is 5.69 Å². The predicted molar refractivity (Wildman–Crippen MR) is 111 cm³/mol. The Balaban J connectivity index is 1.23. The lowest BCUT2D eigenvalue weighted by Crippen LogP contribution is -2.36. The molecule has 2 heterocycles. The lowest BCUT2D eigenvalue weighted by Gasteiger charge is -2.19. The molecule has 0 radical (unpaired) electrons. The molecule has 4 rings (SSSR count). The highest BCUT2D eigenvalue weighted by molar-refractivity contribution is 6.21. The fourth-order valence-corrected chi connectivity index (χ4v) is 3.99. The summed E-state index contributed by atoms with van der Waals surface area (Å²) in [6, 6.07) is 15.3. The Labute approximate surface area is 170 Å². The molecule has 6 nitrogen and oxygen atoms in total. The highest BCUT2D eigenvalue weighted by atomic mass is 16.2. The fraction of sp³-hybridized carbons (Fsp3) is 0.348. The number of fused-ring (bicyclic) bond motifs is 1. The smallest absolute Gasteiger partial charge is 0.261 e. The van der Waals surface area contributed by atoms with Crippen LogP contribution in [0.3, 0.4) is 0 Å². The van der Waals surface area contributed by atoms with Crippen molar-refractivity contribution in [2.45, 2.75) is 19.8 Å². The number of amides is 3. The van der Waals surface area contributed by atoms with Gasteiger partial charge in [0, 0.05) is 38.3 Å². The second-order valence-corrected chi connectivity index (χ2v) is 7.80. The number of hydrogen-bond donors (Lipinski definition) is 1. The van der Waals surface area contributed by atoms with Gasteiger partial charge < -0.3 is 10.2 Å². The maximum Gasteiger partial charge on any atom is 0.261 e. The van der Waals surface area contributed by atoms with Crippen LogP contribution >= 0.6 is 0 Å². The van der Waals surface area contributed by atoms with Gasteiger partial charge in [-0.05, 0) is 43.5 Å². The number of benzene rings is 2. The molecular formula is C23H25N3O3. The second kappa shape index (κ2) is 8.07. The summed E-state index contributed by atoms with van der Waals surface area (Å²) in [7, 11) is 0. The Morgan fingerprint density at radius 1 is 1.03 bits per heavy atom. The monoisotopic (exact) mass is 391 g/mol. The number of nitrogens with one attached hydrogen (secondary N) is 1. The third-order valence-electron chi connectivity index (χ3n) is 5.71. The summed E-state index contributed by atoms with van der Waals surface area (Å²) in [5.41, 5.74) is 3.30. The molecule has 1 fully saturated rings. The van der Waals surface area contributed by atoms with Gasteiger partial charge in [0.2, 0.25) is 5.91 Å². The highest BCUT2D eigenvalue weighted by Gasteiger charge is 2.35. The van der Waals surface area contributed by atoms with E-state index in [4.69, 9.17) is 0 Å². The van der Waals surface area contributed by atoms with E-state index in [1.54, 1.807) is 24.3 Å². The zero-order chi connectivity index (χ0) is 20.4. The molecule has 0 spiro atoms. The number of hydrogen-bond acceptors (Lipinski definition) is 4. The molecule has 0 bridgehead atoms. The molecule has 1 N–H and O–H groups in total. The van der Waals surface area contributed by atoms with Crippen molar-refractivity contribution in [3.05, 3.63) is 65.2 Å². The van der Waals surface area contributed by atoms with Gasteiger partial charge in [-0.2, -0.15) is 0 Å². The first-order chi connectivity index (χ1) is 14.0. The average molecular weight is 391 g/mol. The van der Waals surface area contributed by atoms with E-state index in [0.717, 1.165) is 19.5 Å². The SMILES string of the molecule is Cc1ccc(N2CCC(CNC(=O)CCN3C(=O)c4ccccc4C3=O)C2)cc1. The Morgan fingerprint density at radius 3 is 2.34 bits per heavy atom. The Kier molecular flexibility index (Phi) is 5.34. The van der Waals surface area contributed by atoms with Crippen LogP contribution in [0.5, 0.6) is 0 Å². The molecule has 0 saturated carbocycles. The molecular weight excluding hydrogens is 366 g/mol. The standard InChI is InChI=1S/C23H25N3O3/c1-16-6-8-18(9-7-16)25-12-10-17(15-25)14-24-21(27)11-13-26-22(28)19-4-2-3-5-20(19)23(26)29/h2-9,17H,10-15H2,1H3,(H,24,27). The number of carbonyl (C=O) groups is 3. The first-order valence-electron chi connectivity index (χ1n) is 10.1. The lowest BCUT2D eigenvalue weighted by atomic mass is 10.1. The van der Waals surface area contributed by atoms with E-state index < -0.39 is 0 Å². The Bertz CT molecular complexity index is 904. The van der Waals surface area contributed by atoms with Crippen LogP contribution in [0, 0.1) is 12.8 Å². The summed E-state index contributed by atoms with van der Waals surface area (Å²) in [4.78, 5) is 40.5. The van der Waals surface area contributed by atoms with Gasteiger partial charge in [-0.25, -0.2) is 0 Å². The molecule has 0 aliphatic carbocycles. The minimum absolute atomic E-state index is 0.109. The van der Waals surface area contributed by atoms with Gasteiger partial charge in [0.15, 0.2) is 0 Å². The van der Waals surface area contributed by atoms with Crippen molar-refractivity contribution in [2.24, 2.45) is 5.92 Å². The number of rotatable bonds is 6. The van der Waals surface area contributed by atoms with Gasteiger partial charge >= 0.3 is 0 Å². The maximum atomic E-state index is 12.3. The molecule has 0 aromatic heterocycles. The van der Waals surface area contributed by atoms with Crippen molar-refractivity contribution in [1.82, 2.24) is 10.2 Å². The molecule has 6 heteroatoms. The summed E-state index contributed by atoms with van der Waals surface area (Å²) < 4.78 is 0. The van der Waals surface area contributed by atoms with Gasteiger partial charge in [0.1, 0.15) is 0 Å². The molecule has 3 amide bonds. The normalized spacial score (nSPS) is 18.3. The van der Waals surface area contributed by atoms with Crippen LogP contribution in [0.15, 0.2) is 48.5 Å². The molecule has 2 aliphatic heterocycles. The Morgan fingerprint density at radius 2 is 1.69 bits per heavy atom. The van der Waals surface area contributed by atoms with E-state index >= 15 is 0 Å². The minimum Gasteiger partial charge on any atom is -0.371 e. The van der Waals surface area contributed by atoms with Crippen LogP contribution in [0.2, 0.25) is 0 Å². The van der Waals surface area contributed by atoms with E-state index in [-0.39, 0.29) is 30.7 Å².